The first-order valence-electron chi connectivity index (χ1n) is 11.4. The number of allylic oxidation sites excluding steroid dienone is 2. The van der Waals surface area contributed by atoms with Gasteiger partial charge >= 0.3 is 5.97 Å². The van der Waals surface area contributed by atoms with Gasteiger partial charge in [-0.1, -0.05) is 57.5 Å². The maximum absolute atomic E-state index is 14.1. The Labute approximate surface area is 181 Å². The van der Waals surface area contributed by atoms with Gasteiger partial charge in [0.2, 0.25) is 6.29 Å². The topological polar surface area (TPSA) is 52.6 Å². The van der Waals surface area contributed by atoms with Crippen LogP contribution in [-0.4, -0.2) is 27.3 Å². The largest absolute Gasteiger partial charge is 0.434 e. The number of carbonyl (C=O) groups excluding carboxylic acids is 1. The molecule has 1 aromatic rings. The molecule has 2 bridgehead atoms. The predicted octanol–water partition coefficient (Wildman–Crippen LogP) is 4.72. The number of hydrogen-bond acceptors (Lipinski definition) is 4. The summed E-state index contributed by atoms with van der Waals surface area (Å²) in [7, 11) is -1.39. The summed E-state index contributed by atoms with van der Waals surface area (Å²) < 4.78 is 25.9. The Hall–Kier alpha value is -1.46. The van der Waals surface area contributed by atoms with Crippen LogP contribution in [0.25, 0.3) is 0 Å². The van der Waals surface area contributed by atoms with Crippen LogP contribution in [0, 0.1) is 35.5 Å². The van der Waals surface area contributed by atoms with Gasteiger partial charge in [-0.15, -0.1) is 0 Å². The zero-order chi connectivity index (χ0) is 21.0. The fraction of sp³-hybridized carbons (Fsp3) is 0.640. The zero-order valence-corrected chi connectivity index (χ0v) is 18.8. The maximum Gasteiger partial charge on any atom is 0.313 e. The van der Waals surface area contributed by atoms with Crippen molar-refractivity contribution in [1.82, 2.24) is 0 Å². The van der Waals surface area contributed by atoms with Gasteiger partial charge < -0.3 is 9.47 Å². The zero-order valence-electron chi connectivity index (χ0n) is 18.0. The summed E-state index contributed by atoms with van der Waals surface area (Å²) in [6.45, 7) is 6.77. The van der Waals surface area contributed by atoms with Crippen LogP contribution in [0.15, 0.2) is 47.4 Å². The normalized spacial score (nSPS) is 43.1. The van der Waals surface area contributed by atoms with Crippen molar-refractivity contribution in [2.24, 2.45) is 35.5 Å². The highest BCUT2D eigenvalue weighted by Gasteiger charge is 2.73. The number of benzene rings is 1. The van der Waals surface area contributed by atoms with Crippen molar-refractivity contribution < 1.29 is 18.5 Å². The van der Waals surface area contributed by atoms with Gasteiger partial charge in [0.05, 0.1) is 22.8 Å². The highest BCUT2D eigenvalue weighted by Crippen LogP contribution is 2.61. The molecule has 1 aliphatic heterocycles. The van der Waals surface area contributed by atoms with E-state index < -0.39 is 21.8 Å². The summed E-state index contributed by atoms with van der Waals surface area (Å²) >= 11 is 0. The van der Waals surface area contributed by atoms with Gasteiger partial charge in [-0.3, -0.25) is 9.00 Å². The first-order valence-corrected chi connectivity index (χ1v) is 12.6. The molecule has 1 unspecified atom stereocenters. The van der Waals surface area contributed by atoms with Gasteiger partial charge in [0.1, 0.15) is 4.75 Å². The van der Waals surface area contributed by atoms with Crippen LogP contribution in [0.4, 0.5) is 0 Å². The number of fused-ring (bicyclic) bond motifs is 5. The summed E-state index contributed by atoms with van der Waals surface area (Å²) in [5.41, 5.74) is 0. The van der Waals surface area contributed by atoms with Crippen molar-refractivity contribution in [3.8, 4) is 0 Å². The summed E-state index contributed by atoms with van der Waals surface area (Å²) in [5, 5.41) is 0. The first kappa shape index (κ1) is 20.4. The van der Waals surface area contributed by atoms with E-state index in [1.165, 1.54) is 6.42 Å². The van der Waals surface area contributed by atoms with E-state index in [1.807, 2.05) is 30.3 Å². The maximum atomic E-state index is 14.1. The lowest BCUT2D eigenvalue weighted by molar-refractivity contribution is -0.194. The van der Waals surface area contributed by atoms with Gasteiger partial charge in [0, 0.05) is 10.8 Å². The Bertz CT molecular complexity index is 865. The number of rotatable bonds is 5. The molecule has 4 aliphatic rings. The van der Waals surface area contributed by atoms with Crippen molar-refractivity contribution in [2.45, 2.75) is 68.5 Å². The van der Waals surface area contributed by atoms with Gasteiger partial charge in [0.15, 0.2) is 0 Å². The second kappa shape index (κ2) is 7.59. The minimum Gasteiger partial charge on any atom is -0.434 e. The Morgan fingerprint density at radius 2 is 1.90 bits per heavy atom. The molecule has 162 valence electrons. The molecular weight excluding hydrogens is 396 g/mol. The standard InChI is InChI=1S/C25H32O4S/c1-15(2)20-12-9-16(3)13-21(20)28-24-25(30(27)19-7-5-4-6-8-19)18-11-10-17(14-18)22(25)23(26)29-24/h4-8,10-11,15-18,20-22,24H,9,12-14H2,1-3H3/t16-,17+,18-,20+,21-,22-,24+,25+,30?/m1/s1. The minimum absolute atomic E-state index is 0.0399. The lowest BCUT2D eigenvalue weighted by atomic mass is 9.75. The molecule has 5 rings (SSSR count). The molecule has 1 heterocycles. The summed E-state index contributed by atoms with van der Waals surface area (Å²) in [5.74, 6) is 1.08. The Balaban J connectivity index is 1.53. The summed E-state index contributed by atoms with van der Waals surface area (Å²) in [6, 6.07) is 9.55. The van der Waals surface area contributed by atoms with Crippen LogP contribution in [0.5, 0.6) is 0 Å². The first-order chi connectivity index (χ1) is 14.4. The molecule has 0 N–H and O–H groups in total. The third-order valence-electron chi connectivity index (χ3n) is 7.99. The molecular formula is C25H32O4S. The molecule has 1 saturated heterocycles. The number of carbonyl (C=O) groups is 1. The van der Waals surface area contributed by atoms with Gasteiger partial charge in [-0.05, 0) is 55.1 Å². The van der Waals surface area contributed by atoms with E-state index in [0.717, 1.165) is 24.2 Å². The van der Waals surface area contributed by atoms with Crippen LogP contribution in [-0.2, 0) is 25.1 Å². The third kappa shape index (κ3) is 2.96. The van der Waals surface area contributed by atoms with E-state index in [-0.39, 0.29) is 29.8 Å². The molecule has 1 aromatic carbocycles. The molecule has 30 heavy (non-hydrogen) atoms. The lowest BCUT2D eigenvalue weighted by Crippen LogP contribution is -2.54. The van der Waals surface area contributed by atoms with Crippen molar-refractivity contribution in [2.75, 3.05) is 0 Å². The van der Waals surface area contributed by atoms with Gasteiger partial charge in [0.25, 0.3) is 0 Å². The fourth-order valence-electron chi connectivity index (χ4n) is 6.48. The Morgan fingerprint density at radius 1 is 1.13 bits per heavy atom. The van der Waals surface area contributed by atoms with Crippen LogP contribution >= 0.6 is 0 Å². The van der Waals surface area contributed by atoms with E-state index in [9.17, 15) is 9.00 Å². The monoisotopic (exact) mass is 428 g/mol. The average molecular weight is 429 g/mol. The Morgan fingerprint density at radius 3 is 2.63 bits per heavy atom. The minimum atomic E-state index is -1.39. The van der Waals surface area contributed by atoms with Crippen LogP contribution in [0.2, 0.25) is 0 Å². The molecule has 3 aliphatic carbocycles. The molecule has 0 amide bonds. The molecule has 3 fully saturated rings. The van der Waals surface area contributed by atoms with Crippen molar-refractivity contribution in [1.29, 1.82) is 0 Å². The lowest BCUT2D eigenvalue weighted by Gasteiger charge is -2.42. The van der Waals surface area contributed by atoms with E-state index in [4.69, 9.17) is 9.47 Å². The second-order valence-corrected chi connectivity index (χ2v) is 11.8. The van der Waals surface area contributed by atoms with E-state index in [2.05, 4.69) is 32.9 Å². The summed E-state index contributed by atoms with van der Waals surface area (Å²) in [6.07, 6.45) is 7.76. The number of esters is 1. The molecule has 5 heteroatoms. The predicted molar refractivity (Wildman–Crippen MR) is 116 cm³/mol. The smallest absolute Gasteiger partial charge is 0.313 e. The molecule has 9 atom stereocenters. The molecule has 2 saturated carbocycles. The summed E-state index contributed by atoms with van der Waals surface area (Å²) in [4.78, 5) is 13.8. The molecule has 0 aromatic heterocycles. The van der Waals surface area contributed by atoms with E-state index in [1.54, 1.807) is 0 Å². The van der Waals surface area contributed by atoms with Crippen molar-refractivity contribution >= 4 is 16.8 Å². The number of ether oxygens (including phenoxy) is 2. The van der Waals surface area contributed by atoms with E-state index >= 15 is 0 Å². The van der Waals surface area contributed by atoms with Crippen molar-refractivity contribution in [3.63, 3.8) is 0 Å². The molecule has 4 nitrogen and oxygen atoms in total. The molecule has 0 spiro atoms. The number of cyclic esters (lactones) is 1. The fourth-order valence-corrected chi connectivity index (χ4v) is 8.52. The van der Waals surface area contributed by atoms with Crippen LogP contribution < -0.4 is 0 Å². The Kier molecular flexibility index (Phi) is 5.18. The molecule has 0 radical (unpaired) electrons. The number of hydrogen-bond donors (Lipinski definition) is 0. The van der Waals surface area contributed by atoms with Crippen LogP contribution in [0.1, 0.15) is 46.5 Å². The van der Waals surface area contributed by atoms with Crippen LogP contribution in [0.3, 0.4) is 0 Å². The van der Waals surface area contributed by atoms with Crippen molar-refractivity contribution in [3.05, 3.63) is 42.5 Å². The van der Waals surface area contributed by atoms with Gasteiger partial charge in [-0.2, -0.15) is 0 Å². The third-order valence-corrected chi connectivity index (χ3v) is 10.1. The highest BCUT2D eigenvalue weighted by molar-refractivity contribution is 7.86. The quantitative estimate of drug-likeness (QED) is 0.503. The van der Waals surface area contributed by atoms with Gasteiger partial charge in [-0.25, -0.2) is 0 Å². The highest BCUT2D eigenvalue weighted by atomic mass is 32.2. The van der Waals surface area contributed by atoms with E-state index in [0.29, 0.717) is 17.8 Å². The average Bonchev–Trinajstić information content (AvgIpc) is 3.40. The SMILES string of the molecule is CC(C)[C@@H]1CC[C@@H](C)C[C@H]1O[C@H]1OC(=O)[C@H]2[C@H]3C=C[C@H](C3)[C@@]12S(=O)c1ccccc1. The second-order valence-electron chi connectivity index (χ2n) is 10.1.